The maximum Gasteiger partial charge on any atom is 3.00 e. The fraction of sp³-hybridized carbons (Fsp3) is 0. The van der Waals surface area contributed by atoms with Crippen LogP contribution in [-0.4, -0.2) is 0 Å². The summed E-state index contributed by atoms with van der Waals surface area (Å²) >= 11 is 0. The minimum absolute atomic E-state index is 0. The van der Waals surface area contributed by atoms with E-state index in [4.69, 9.17) is 0 Å². The topological polar surface area (TPSA) is 0 Å². The SMILES string of the molecule is [Cl-].[Cl-].[Cl-].[Cl-].[Cl-].[Cl-].[Gd+3].[Y+3]. The third-order valence-corrected chi connectivity index (χ3v) is 0. The van der Waals surface area contributed by atoms with Gasteiger partial charge in [-0.05, 0) is 0 Å². The van der Waals surface area contributed by atoms with Crippen molar-refractivity contribution in [1.29, 1.82) is 0 Å². The van der Waals surface area contributed by atoms with E-state index in [1.54, 1.807) is 0 Å². The van der Waals surface area contributed by atoms with E-state index < -0.39 is 0 Å². The van der Waals surface area contributed by atoms with Gasteiger partial charge in [0, 0.05) is 0 Å². The molecule has 0 unspecified atom stereocenters. The van der Waals surface area contributed by atoms with E-state index in [1.807, 2.05) is 0 Å². The van der Waals surface area contributed by atoms with Crippen LogP contribution in [-0.2, 0) is 32.7 Å². The second kappa shape index (κ2) is 66.5. The summed E-state index contributed by atoms with van der Waals surface area (Å²) in [5.41, 5.74) is 0. The van der Waals surface area contributed by atoms with Crippen molar-refractivity contribution in [2.45, 2.75) is 0 Å². The Morgan fingerprint density at radius 2 is 0.375 bits per heavy atom. The Kier molecular flexibility index (Phi) is 726. The van der Waals surface area contributed by atoms with Crippen LogP contribution >= 0.6 is 0 Å². The Morgan fingerprint density at radius 1 is 0.375 bits per heavy atom. The first-order valence-corrected chi connectivity index (χ1v) is 0. The Bertz CT molecular complexity index is 8.49. The monoisotopic (exact) mass is 457 g/mol. The second-order valence-corrected chi connectivity index (χ2v) is 0. The normalized spacial score (nSPS) is 0. The van der Waals surface area contributed by atoms with Crippen LogP contribution < -0.4 is 74.4 Å². The summed E-state index contributed by atoms with van der Waals surface area (Å²) in [5.74, 6) is 0. The van der Waals surface area contributed by atoms with E-state index in [0.29, 0.717) is 0 Å². The number of halogens is 6. The van der Waals surface area contributed by atoms with E-state index in [9.17, 15) is 0 Å². The molecule has 1 radical (unpaired) electrons. The average Bonchev–Trinajstić information content (AvgIpc) is 0. The minimum Gasteiger partial charge on any atom is -1.00 e. The number of rotatable bonds is 0. The quantitative estimate of drug-likeness (QED) is 0.338. The van der Waals surface area contributed by atoms with E-state index in [0.717, 1.165) is 0 Å². The summed E-state index contributed by atoms with van der Waals surface area (Å²) in [6, 6.07) is 0. The Balaban J connectivity index is 0. The predicted octanol–water partition coefficient (Wildman–Crippen LogP) is -18.0. The molecule has 0 atom stereocenters. The van der Waals surface area contributed by atoms with Gasteiger partial charge in [-0.3, -0.25) is 0 Å². The molecule has 0 amide bonds. The van der Waals surface area contributed by atoms with Crippen molar-refractivity contribution >= 4 is 0 Å². The van der Waals surface area contributed by atoms with E-state index in [2.05, 4.69) is 0 Å². The van der Waals surface area contributed by atoms with Crippen molar-refractivity contribution in [2.24, 2.45) is 0 Å². The molecule has 0 saturated carbocycles. The maximum absolute atomic E-state index is 0. The van der Waals surface area contributed by atoms with E-state index in [-0.39, 0.29) is 147 Å². The molecule has 0 fully saturated rings. The van der Waals surface area contributed by atoms with Gasteiger partial charge >= 0.3 is 72.6 Å². The van der Waals surface area contributed by atoms with Gasteiger partial charge in [0.15, 0.2) is 0 Å². The molecular weight excluding hydrogens is 459 g/mol. The van der Waals surface area contributed by atoms with Crippen molar-refractivity contribution < 1.29 is 147 Å². The predicted molar refractivity (Wildman–Crippen MR) is 0 cm³/mol. The molecule has 0 heterocycles. The molecule has 8 heavy (non-hydrogen) atoms. The van der Waals surface area contributed by atoms with Crippen molar-refractivity contribution in [3.63, 3.8) is 0 Å². The summed E-state index contributed by atoms with van der Waals surface area (Å²) in [7, 11) is 0. The fourth-order valence-electron chi connectivity index (χ4n) is 0. The van der Waals surface area contributed by atoms with E-state index >= 15 is 0 Å². The molecule has 0 rings (SSSR count). The maximum atomic E-state index is 0. The Hall–Kier alpha value is 4.17. The molecule has 0 N–H and O–H groups in total. The van der Waals surface area contributed by atoms with Crippen molar-refractivity contribution in [1.82, 2.24) is 0 Å². The van der Waals surface area contributed by atoms with Crippen LogP contribution in [0, 0.1) is 39.9 Å². The van der Waals surface area contributed by atoms with Crippen LogP contribution in [0.15, 0.2) is 0 Å². The molecule has 8 heteroatoms. The molecule has 0 aromatic rings. The van der Waals surface area contributed by atoms with Gasteiger partial charge in [0.25, 0.3) is 0 Å². The fourth-order valence-corrected chi connectivity index (χ4v) is 0. The van der Waals surface area contributed by atoms with Crippen LogP contribution in [0.3, 0.4) is 0 Å². The van der Waals surface area contributed by atoms with Gasteiger partial charge in [-0.25, -0.2) is 0 Å². The summed E-state index contributed by atoms with van der Waals surface area (Å²) in [5, 5.41) is 0. The van der Waals surface area contributed by atoms with Gasteiger partial charge in [0.1, 0.15) is 0 Å². The first kappa shape index (κ1) is 87.3. The molecule has 0 aliphatic heterocycles. The third kappa shape index (κ3) is 49.2. The zero-order chi connectivity index (χ0) is 0. The molecule has 0 saturated heterocycles. The molecule has 0 aliphatic carbocycles. The third-order valence-electron chi connectivity index (χ3n) is 0. The molecule has 53 valence electrons. The summed E-state index contributed by atoms with van der Waals surface area (Å²) in [6.45, 7) is 0. The van der Waals surface area contributed by atoms with Crippen LogP contribution in [0.5, 0.6) is 0 Å². The van der Waals surface area contributed by atoms with Gasteiger partial charge in [-0.1, -0.05) is 0 Å². The summed E-state index contributed by atoms with van der Waals surface area (Å²) in [6.07, 6.45) is 0. The summed E-state index contributed by atoms with van der Waals surface area (Å²) < 4.78 is 0. The zero-order valence-corrected chi connectivity index (χ0v) is 12.8. The van der Waals surface area contributed by atoms with Crippen LogP contribution in [0.4, 0.5) is 0 Å². The molecule has 0 spiro atoms. The van der Waals surface area contributed by atoms with Gasteiger partial charge in [-0.2, -0.15) is 0 Å². The van der Waals surface area contributed by atoms with Gasteiger partial charge in [-0.15, -0.1) is 0 Å². The number of hydrogen-bond donors (Lipinski definition) is 0. The van der Waals surface area contributed by atoms with Crippen LogP contribution in [0.1, 0.15) is 0 Å². The van der Waals surface area contributed by atoms with Crippen LogP contribution in [0.25, 0.3) is 0 Å². The molecule has 0 aliphatic rings. The van der Waals surface area contributed by atoms with Gasteiger partial charge in [0.2, 0.25) is 0 Å². The van der Waals surface area contributed by atoms with E-state index in [1.165, 1.54) is 0 Å². The largest absolute Gasteiger partial charge is 3.00 e. The molecular formula is Cl6GdY. The van der Waals surface area contributed by atoms with Crippen molar-refractivity contribution in [3.8, 4) is 0 Å². The zero-order valence-electron chi connectivity index (χ0n) is 3.20. The first-order valence-electron chi connectivity index (χ1n) is 0. The number of hydrogen-bond acceptors (Lipinski definition) is 0. The minimum atomic E-state index is 0. The van der Waals surface area contributed by atoms with Gasteiger partial charge < -0.3 is 74.4 Å². The van der Waals surface area contributed by atoms with Crippen LogP contribution in [0.2, 0.25) is 0 Å². The van der Waals surface area contributed by atoms with Crippen molar-refractivity contribution in [2.75, 3.05) is 0 Å². The van der Waals surface area contributed by atoms with Crippen molar-refractivity contribution in [3.05, 3.63) is 0 Å². The molecule has 0 bridgehead atoms. The molecule has 0 nitrogen and oxygen atoms in total. The first-order chi connectivity index (χ1) is 0. The summed E-state index contributed by atoms with van der Waals surface area (Å²) in [4.78, 5) is 0. The Labute approximate surface area is 144 Å². The molecule has 0 aromatic heterocycles. The van der Waals surface area contributed by atoms with Gasteiger partial charge in [0.05, 0.1) is 0 Å². The average molecular weight is 459 g/mol. The standard InChI is InChI=1S/6ClH.Gd.Y/h6*1H;;/q;;;;;;2*+3/p-6. The Morgan fingerprint density at radius 3 is 0.375 bits per heavy atom. The molecule has 0 aromatic carbocycles. The second-order valence-electron chi connectivity index (χ2n) is 0. The smallest absolute Gasteiger partial charge is 1.00 e.